The third-order valence-electron chi connectivity index (χ3n) is 8.00. The molecule has 46 heavy (non-hydrogen) atoms. The first-order valence-electron chi connectivity index (χ1n) is 13.4. The highest BCUT2D eigenvalue weighted by Gasteiger charge is 2.66. The van der Waals surface area contributed by atoms with Gasteiger partial charge in [0.25, 0.3) is 5.56 Å². The van der Waals surface area contributed by atoms with Crippen molar-refractivity contribution in [2.45, 2.75) is 48.6 Å². The molecule has 8 rings (SSSR count). The van der Waals surface area contributed by atoms with E-state index in [9.17, 15) is 19.1 Å². The number of aromatic amines is 1. The fraction of sp³-hybridized carbons (Fsp3) is 0.524. The van der Waals surface area contributed by atoms with Crippen LogP contribution in [0.1, 0.15) is 12.5 Å². The van der Waals surface area contributed by atoms with Crippen LogP contribution < -0.4 is 17.0 Å². The summed E-state index contributed by atoms with van der Waals surface area (Å²) in [4.78, 5) is 57.0. The van der Waals surface area contributed by atoms with Crippen molar-refractivity contribution in [1.82, 2.24) is 39.0 Å². The molecule has 7 N–H and O–H groups in total. The Kier molecular flexibility index (Phi) is 6.90. The molecule has 0 aliphatic carbocycles. The summed E-state index contributed by atoms with van der Waals surface area (Å²) in [7, 11) is -4.99. The number of H-pyrrole nitrogens is 1. The second-order valence-corrected chi connectivity index (χ2v) is 15.0. The van der Waals surface area contributed by atoms with Crippen molar-refractivity contribution in [3.8, 4) is 0 Å². The maximum absolute atomic E-state index is 15.9. The summed E-state index contributed by atoms with van der Waals surface area (Å²) < 4.78 is 71.9. The van der Waals surface area contributed by atoms with E-state index in [0.717, 1.165) is 10.9 Å². The summed E-state index contributed by atoms with van der Waals surface area (Å²) in [6.45, 7) is -6.00. The molecule has 21 nitrogen and oxygen atoms in total. The SMILES string of the molecule is Nc1nc2c(ncn2[C@@H]2O[C@@H]3COP(=O)(O)O[C@H]4[C@H]5OC[C@]4(COP(O)(=S)O[C@@H]2[C@H]3F)O[C@H]5n2cnc3c(N)ncnc32)c(=O)[nH]1. The number of nitrogens with one attached hydrogen (secondary N) is 1. The van der Waals surface area contributed by atoms with Crippen molar-refractivity contribution in [2.24, 2.45) is 0 Å². The van der Waals surface area contributed by atoms with E-state index >= 15 is 4.39 Å². The molecule has 0 aromatic carbocycles. The van der Waals surface area contributed by atoms with Gasteiger partial charge in [0.05, 0.1) is 32.5 Å². The quantitative estimate of drug-likeness (QED) is 0.159. The Morgan fingerprint density at radius 1 is 1.02 bits per heavy atom. The Hall–Kier alpha value is -3.05. The van der Waals surface area contributed by atoms with Crippen molar-refractivity contribution >= 4 is 60.4 Å². The molecule has 4 bridgehead atoms. The predicted molar refractivity (Wildman–Crippen MR) is 152 cm³/mol. The van der Waals surface area contributed by atoms with Gasteiger partial charge in [0.2, 0.25) is 5.95 Å². The molecule has 0 amide bonds. The molecule has 25 heteroatoms. The lowest BCUT2D eigenvalue weighted by atomic mass is 10.0. The highest BCUT2D eigenvalue weighted by molar-refractivity contribution is 8.07. The maximum atomic E-state index is 15.9. The number of nitrogens with two attached hydrogens (primary N) is 2. The molecule has 4 aromatic rings. The van der Waals surface area contributed by atoms with Gasteiger partial charge in [-0.25, -0.2) is 28.9 Å². The molecule has 0 saturated carbocycles. The van der Waals surface area contributed by atoms with Crippen molar-refractivity contribution in [3.63, 3.8) is 0 Å². The van der Waals surface area contributed by atoms with Crippen LogP contribution in [0.2, 0.25) is 0 Å². The summed E-state index contributed by atoms with van der Waals surface area (Å²) in [5.74, 6) is -0.154. The van der Waals surface area contributed by atoms with E-state index in [1.807, 2.05) is 0 Å². The van der Waals surface area contributed by atoms with Crippen LogP contribution in [0.5, 0.6) is 0 Å². The zero-order valence-corrected chi connectivity index (χ0v) is 25.5. The molecule has 4 aliphatic heterocycles. The number of aromatic nitrogens is 8. The molecule has 4 aliphatic rings. The fourth-order valence-electron chi connectivity index (χ4n) is 5.94. The first-order valence-corrected chi connectivity index (χ1v) is 17.5. The number of ether oxygens (including phenoxy) is 3. The molecule has 10 atom stereocenters. The zero-order chi connectivity index (χ0) is 32.2. The number of imidazole rings is 2. The lowest BCUT2D eigenvalue weighted by molar-refractivity contribution is -0.183. The molecule has 0 spiro atoms. The molecular formula is C21H23FN10O11P2S. The van der Waals surface area contributed by atoms with Gasteiger partial charge in [-0.3, -0.25) is 32.5 Å². The first kappa shape index (κ1) is 30.3. The van der Waals surface area contributed by atoms with Crippen molar-refractivity contribution < 1.29 is 51.0 Å². The second kappa shape index (κ2) is 10.5. The van der Waals surface area contributed by atoms with E-state index in [-0.39, 0.29) is 40.7 Å². The number of anilines is 2. The van der Waals surface area contributed by atoms with E-state index in [0.29, 0.717) is 0 Å². The number of halogens is 1. The molecule has 0 radical (unpaired) electrons. The van der Waals surface area contributed by atoms with Crippen LogP contribution in [0.15, 0.2) is 23.8 Å². The number of nitrogen functional groups attached to an aromatic ring is 2. The smallest absolute Gasteiger partial charge is 0.382 e. The molecule has 246 valence electrons. The van der Waals surface area contributed by atoms with Crippen molar-refractivity contribution in [2.75, 3.05) is 31.3 Å². The number of phosphoric ester groups is 1. The molecule has 8 heterocycles. The normalized spacial score (nSPS) is 39.7. The van der Waals surface area contributed by atoms with Crippen molar-refractivity contribution in [1.29, 1.82) is 0 Å². The average Bonchev–Trinajstić information content (AvgIpc) is 3.80. The second-order valence-electron chi connectivity index (χ2n) is 10.8. The van der Waals surface area contributed by atoms with E-state index in [1.165, 1.54) is 17.2 Å². The number of phosphoric acid groups is 1. The Bertz CT molecular complexity index is 2030. The predicted octanol–water partition coefficient (Wildman–Crippen LogP) is -0.840. The number of nitrogens with zero attached hydrogens (tertiary/aromatic N) is 7. The number of hydrogen-bond acceptors (Lipinski definition) is 17. The van der Waals surface area contributed by atoms with Gasteiger partial charge in [-0.2, -0.15) is 4.98 Å². The zero-order valence-electron chi connectivity index (χ0n) is 22.9. The minimum Gasteiger partial charge on any atom is -0.382 e. The van der Waals surface area contributed by atoms with Crippen LogP contribution in [-0.4, -0.2) is 105 Å². The fourth-order valence-corrected chi connectivity index (χ4v) is 8.37. The van der Waals surface area contributed by atoms with Crippen LogP contribution >= 0.6 is 14.5 Å². The Morgan fingerprint density at radius 3 is 2.59 bits per heavy atom. The van der Waals surface area contributed by atoms with Gasteiger partial charge >= 0.3 is 14.5 Å². The molecule has 4 fully saturated rings. The standard InChI is InChI=1S/C21H23FN10O11P2S/c22-8-7-1-38-44(34,35)43-13-12-19(31-5-27-9-14(23)25-4-26-15(9)31)41-21(13,2-37-12)3-39-45(36,46)42-11(8)18(40-7)32-6-28-10-16(32)29-20(24)30-17(10)33/h4-8,11-13,18-19H,1-3H2,(H,34,35)(H,36,46)(H2,23,25,26)(H3,24,29,30,33)/t7-,8+,11-,12-,13+,18-,19-,21-,45?/m1/s1. The molecule has 4 saturated heterocycles. The first-order chi connectivity index (χ1) is 21.8. The lowest BCUT2D eigenvalue weighted by Crippen LogP contribution is -2.45. The Balaban J connectivity index is 1.14. The van der Waals surface area contributed by atoms with Gasteiger partial charge in [-0.15, -0.1) is 0 Å². The van der Waals surface area contributed by atoms with Gasteiger partial charge < -0.3 is 40.0 Å². The third kappa shape index (κ3) is 4.78. The summed E-state index contributed by atoms with van der Waals surface area (Å²) in [5, 5.41) is 0. The van der Waals surface area contributed by atoms with Crippen LogP contribution in [0.4, 0.5) is 16.2 Å². The van der Waals surface area contributed by atoms with Gasteiger partial charge in [0.15, 0.2) is 41.3 Å². The van der Waals surface area contributed by atoms with Gasteiger partial charge in [-0.05, 0) is 11.8 Å². The van der Waals surface area contributed by atoms with E-state index in [2.05, 4.69) is 29.9 Å². The Labute approximate surface area is 259 Å². The summed E-state index contributed by atoms with van der Waals surface area (Å²) in [5.41, 5.74) is 9.58. The number of hydrogen-bond donors (Lipinski definition) is 5. The van der Waals surface area contributed by atoms with Crippen LogP contribution in [0, 0.1) is 0 Å². The summed E-state index contributed by atoms with van der Waals surface area (Å²) >= 11 is 5.26. The monoisotopic (exact) mass is 704 g/mol. The lowest BCUT2D eigenvalue weighted by Gasteiger charge is -2.33. The minimum absolute atomic E-state index is 0.0987. The average molecular weight is 704 g/mol. The maximum Gasteiger partial charge on any atom is 0.472 e. The van der Waals surface area contributed by atoms with Crippen LogP contribution in [0.3, 0.4) is 0 Å². The van der Waals surface area contributed by atoms with E-state index in [4.69, 9.17) is 55.6 Å². The van der Waals surface area contributed by atoms with Crippen LogP contribution in [0.25, 0.3) is 22.3 Å². The van der Waals surface area contributed by atoms with Gasteiger partial charge in [-0.1, -0.05) is 0 Å². The molecule has 4 aromatic heterocycles. The molecule has 2 unspecified atom stereocenters. The third-order valence-corrected chi connectivity index (χ3v) is 10.5. The molecular weight excluding hydrogens is 681 g/mol. The van der Waals surface area contributed by atoms with Crippen molar-refractivity contribution in [3.05, 3.63) is 29.3 Å². The largest absolute Gasteiger partial charge is 0.472 e. The van der Waals surface area contributed by atoms with E-state index in [1.54, 1.807) is 0 Å². The Morgan fingerprint density at radius 2 is 1.78 bits per heavy atom. The van der Waals surface area contributed by atoms with Gasteiger partial charge in [0, 0.05) is 0 Å². The highest BCUT2D eigenvalue weighted by atomic mass is 32.5. The number of rotatable bonds is 2. The van der Waals surface area contributed by atoms with Crippen LogP contribution in [-0.2, 0) is 48.7 Å². The van der Waals surface area contributed by atoms with E-state index < -0.39 is 82.0 Å². The minimum atomic E-state index is -4.99. The van der Waals surface area contributed by atoms with Gasteiger partial charge in [0.1, 0.15) is 41.9 Å². The topological polar surface area (TPSA) is 281 Å². The summed E-state index contributed by atoms with van der Waals surface area (Å²) in [6.07, 6.45) is -6.55. The number of fused-ring (bicyclic) bond motifs is 4. The summed E-state index contributed by atoms with van der Waals surface area (Å²) in [6, 6.07) is 0. The highest BCUT2D eigenvalue weighted by Crippen LogP contribution is 2.58. The number of alkyl halides is 1.